The fourth-order valence-corrected chi connectivity index (χ4v) is 9.23. The summed E-state index contributed by atoms with van der Waals surface area (Å²) in [4.78, 5) is 2.43. The molecule has 0 saturated carbocycles. The molecule has 9 aromatic rings. The highest BCUT2D eigenvalue weighted by Crippen LogP contribution is 2.63. The molecule has 11 rings (SSSR count). The third kappa shape index (κ3) is 5.26. The Morgan fingerprint density at radius 2 is 0.807 bits per heavy atom. The van der Waals surface area contributed by atoms with Gasteiger partial charge in [-0.25, -0.2) is 0 Å². The predicted molar refractivity (Wildman–Crippen MR) is 235 cm³/mol. The lowest BCUT2D eigenvalue weighted by molar-refractivity contribution is 0.436. The lowest BCUT2D eigenvalue weighted by Gasteiger charge is -2.40. The molecule has 1 aliphatic carbocycles. The number of benzene rings is 9. The lowest BCUT2D eigenvalue weighted by Crippen LogP contribution is -2.32. The van der Waals surface area contributed by atoms with Crippen molar-refractivity contribution in [3.8, 4) is 56.0 Å². The van der Waals surface area contributed by atoms with Gasteiger partial charge in [0, 0.05) is 28.1 Å². The summed E-state index contributed by atoms with van der Waals surface area (Å²) in [7, 11) is 0. The van der Waals surface area contributed by atoms with E-state index in [9.17, 15) is 0 Å². The van der Waals surface area contributed by atoms with Gasteiger partial charge in [-0.15, -0.1) is 0 Å². The molecule has 0 amide bonds. The summed E-state index contributed by atoms with van der Waals surface area (Å²) in [6.07, 6.45) is 0. The van der Waals surface area contributed by atoms with Gasteiger partial charge in [0.2, 0.25) is 0 Å². The first-order chi connectivity index (χ1) is 28.3. The molecule has 0 saturated heterocycles. The van der Waals surface area contributed by atoms with Crippen LogP contribution in [-0.2, 0) is 5.41 Å². The van der Waals surface area contributed by atoms with Crippen molar-refractivity contribution < 1.29 is 4.74 Å². The zero-order valence-corrected chi connectivity index (χ0v) is 31.2. The van der Waals surface area contributed by atoms with Gasteiger partial charge in [0.1, 0.15) is 11.5 Å². The number of hydrogen-bond acceptors (Lipinski definition) is 2. The van der Waals surface area contributed by atoms with E-state index in [0.717, 1.165) is 50.8 Å². The first-order valence-electron chi connectivity index (χ1n) is 19.6. The highest BCUT2D eigenvalue weighted by Gasteiger charge is 2.51. The van der Waals surface area contributed by atoms with Gasteiger partial charge in [0.15, 0.2) is 0 Å². The number of nitrogens with zero attached hydrogens (tertiary/aromatic N) is 1. The van der Waals surface area contributed by atoms with E-state index >= 15 is 0 Å². The van der Waals surface area contributed by atoms with E-state index in [1.54, 1.807) is 0 Å². The molecular weight excluding hydrogens is 691 g/mol. The Labute approximate surface area is 333 Å². The average Bonchev–Trinajstić information content (AvgIpc) is 3.57. The van der Waals surface area contributed by atoms with Crippen LogP contribution in [0.1, 0.15) is 22.3 Å². The second-order valence-corrected chi connectivity index (χ2v) is 14.8. The van der Waals surface area contributed by atoms with Crippen LogP contribution in [0.4, 0.5) is 17.1 Å². The number of hydrogen-bond donors (Lipinski definition) is 0. The van der Waals surface area contributed by atoms with Gasteiger partial charge in [-0.1, -0.05) is 182 Å². The molecule has 2 aliphatic rings. The van der Waals surface area contributed by atoms with Crippen molar-refractivity contribution >= 4 is 17.1 Å². The summed E-state index contributed by atoms with van der Waals surface area (Å²) in [5.74, 6) is 1.76. The largest absolute Gasteiger partial charge is 0.457 e. The van der Waals surface area contributed by atoms with E-state index in [1.165, 1.54) is 44.5 Å². The molecule has 57 heavy (non-hydrogen) atoms. The van der Waals surface area contributed by atoms with Gasteiger partial charge in [0.25, 0.3) is 0 Å². The Morgan fingerprint density at radius 3 is 1.54 bits per heavy atom. The molecule has 1 aliphatic heterocycles. The third-order valence-electron chi connectivity index (χ3n) is 11.8. The van der Waals surface area contributed by atoms with Crippen LogP contribution >= 0.6 is 0 Å². The van der Waals surface area contributed by atoms with Crippen molar-refractivity contribution in [3.05, 3.63) is 247 Å². The second kappa shape index (κ2) is 13.4. The van der Waals surface area contributed by atoms with Crippen LogP contribution in [0.5, 0.6) is 11.5 Å². The van der Waals surface area contributed by atoms with E-state index in [1.807, 2.05) is 0 Å². The van der Waals surface area contributed by atoms with Crippen LogP contribution in [0, 0.1) is 0 Å². The summed E-state index contributed by atoms with van der Waals surface area (Å²) >= 11 is 0. The third-order valence-corrected chi connectivity index (χ3v) is 11.8. The van der Waals surface area contributed by atoms with Crippen LogP contribution in [0.25, 0.3) is 44.5 Å². The Morgan fingerprint density at radius 1 is 0.298 bits per heavy atom. The number of anilines is 3. The van der Waals surface area contributed by atoms with Crippen LogP contribution in [0.2, 0.25) is 0 Å². The monoisotopic (exact) mass is 727 g/mol. The molecule has 9 aromatic carbocycles. The Kier molecular flexibility index (Phi) is 7.75. The minimum absolute atomic E-state index is 0.608. The molecule has 0 aromatic heterocycles. The zero-order valence-electron chi connectivity index (χ0n) is 31.2. The topological polar surface area (TPSA) is 12.5 Å². The molecule has 0 radical (unpaired) electrons. The number of ether oxygens (including phenoxy) is 1. The van der Waals surface area contributed by atoms with Crippen molar-refractivity contribution in [2.24, 2.45) is 0 Å². The quantitative estimate of drug-likeness (QED) is 0.169. The Bertz CT molecular complexity index is 2920. The molecular formula is C55H37NO. The summed E-state index contributed by atoms with van der Waals surface area (Å²) in [5, 5.41) is 0. The maximum Gasteiger partial charge on any atom is 0.132 e. The van der Waals surface area contributed by atoms with Crippen molar-refractivity contribution in [2.75, 3.05) is 4.90 Å². The average molecular weight is 728 g/mol. The standard InChI is InChI=1S/C55H37NO/c1-4-16-38(17-5-1)40-28-31-43(32-29-40)56(52-26-14-11-22-45(52)41-20-8-3-9-21-41)44-33-34-47-46-23-10-12-24-48(46)55(51(47)37-44)49-25-13-15-27-53(49)57-54-36-42(30-35-50(54)55)39-18-6-2-7-19-39/h1-37H. The van der Waals surface area contributed by atoms with E-state index in [2.05, 4.69) is 229 Å². The van der Waals surface area contributed by atoms with Crippen molar-refractivity contribution in [3.63, 3.8) is 0 Å². The van der Waals surface area contributed by atoms with Gasteiger partial charge < -0.3 is 9.64 Å². The van der Waals surface area contributed by atoms with Crippen LogP contribution in [0.15, 0.2) is 224 Å². The molecule has 1 atom stereocenters. The maximum atomic E-state index is 6.87. The summed E-state index contributed by atoms with van der Waals surface area (Å²) in [6.45, 7) is 0. The van der Waals surface area contributed by atoms with Gasteiger partial charge in [-0.3, -0.25) is 0 Å². The van der Waals surface area contributed by atoms with E-state index < -0.39 is 5.41 Å². The van der Waals surface area contributed by atoms with Crippen LogP contribution in [0.3, 0.4) is 0 Å². The molecule has 0 N–H and O–H groups in total. The van der Waals surface area contributed by atoms with Gasteiger partial charge >= 0.3 is 0 Å². The number of para-hydroxylation sites is 2. The molecule has 0 fully saturated rings. The summed E-state index contributed by atoms with van der Waals surface area (Å²) < 4.78 is 6.87. The smallest absolute Gasteiger partial charge is 0.132 e. The molecule has 1 unspecified atom stereocenters. The minimum atomic E-state index is -0.608. The predicted octanol–water partition coefficient (Wildman–Crippen LogP) is 14.6. The number of fused-ring (bicyclic) bond motifs is 9. The SMILES string of the molecule is c1ccc(-c2ccc(N(c3ccc4c(c3)C3(c5ccccc5Oc5cc(-c6ccccc6)ccc53)c3ccccc3-4)c3ccccc3-c3ccccc3)cc2)cc1. The highest BCUT2D eigenvalue weighted by molar-refractivity contribution is 5.93. The van der Waals surface area contributed by atoms with Gasteiger partial charge in [-0.2, -0.15) is 0 Å². The minimum Gasteiger partial charge on any atom is -0.457 e. The maximum absolute atomic E-state index is 6.87. The Balaban J connectivity index is 1.16. The molecule has 1 heterocycles. The van der Waals surface area contributed by atoms with E-state index in [0.29, 0.717) is 0 Å². The van der Waals surface area contributed by atoms with Crippen LogP contribution < -0.4 is 9.64 Å². The second-order valence-electron chi connectivity index (χ2n) is 14.8. The first-order valence-corrected chi connectivity index (χ1v) is 19.6. The normalized spacial score (nSPS) is 14.5. The molecule has 2 heteroatoms. The zero-order chi connectivity index (χ0) is 37.8. The number of rotatable bonds is 6. The van der Waals surface area contributed by atoms with Crippen molar-refractivity contribution in [1.82, 2.24) is 0 Å². The van der Waals surface area contributed by atoms with Crippen LogP contribution in [-0.4, -0.2) is 0 Å². The molecule has 1 spiro atoms. The summed E-state index contributed by atoms with van der Waals surface area (Å²) in [5.41, 5.74) is 17.0. The van der Waals surface area contributed by atoms with E-state index in [-0.39, 0.29) is 0 Å². The van der Waals surface area contributed by atoms with Gasteiger partial charge in [0.05, 0.1) is 11.1 Å². The first kappa shape index (κ1) is 33.0. The van der Waals surface area contributed by atoms with Crippen molar-refractivity contribution in [2.45, 2.75) is 5.41 Å². The molecule has 2 nitrogen and oxygen atoms in total. The van der Waals surface area contributed by atoms with Crippen molar-refractivity contribution in [1.29, 1.82) is 0 Å². The Hall–Kier alpha value is -7.42. The fraction of sp³-hybridized carbons (Fsp3) is 0.0182. The summed E-state index contributed by atoms with van der Waals surface area (Å²) in [6, 6.07) is 81.0. The highest BCUT2D eigenvalue weighted by atomic mass is 16.5. The van der Waals surface area contributed by atoms with Gasteiger partial charge in [-0.05, 0) is 92.5 Å². The molecule has 268 valence electrons. The lowest BCUT2D eigenvalue weighted by atomic mass is 9.66. The fourth-order valence-electron chi connectivity index (χ4n) is 9.23. The van der Waals surface area contributed by atoms with E-state index in [4.69, 9.17) is 4.74 Å². The molecule has 0 bridgehead atoms.